The van der Waals surface area contributed by atoms with Crippen LogP contribution >= 0.6 is 23.5 Å². The average molecular weight is 392 g/mol. The molecule has 3 rings (SSSR count). The van der Waals surface area contributed by atoms with Gasteiger partial charge in [-0.25, -0.2) is 4.39 Å². The fourth-order valence-corrected chi connectivity index (χ4v) is 5.68. The summed E-state index contributed by atoms with van der Waals surface area (Å²) in [6.07, 6.45) is 1.26. The molecule has 1 fully saturated rings. The quantitative estimate of drug-likeness (QED) is 0.761. The Balaban J connectivity index is 1.64. The fourth-order valence-electron chi connectivity index (χ4n) is 2.79. The van der Waals surface area contributed by atoms with Gasteiger partial charge in [0, 0.05) is 5.56 Å². The number of methoxy groups -OCH3 is 1. The van der Waals surface area contributed by atoms with Gasteiger partial charge >= 0.3 is 0 Å². The maximum atomic E-state index is 13.9. The van der Waals surface area contributed by atoms with Gasteiger partial charge in [0.25, 0.3) is 5.91 Å². The summed E-state index contributed by atoms with van der Waals surface area (Å²) in [6.45, 7) is 1.84. The van der Waals surface area contributed by atoms with Gasteiger partial charge in [-0.3, -0.25) is 4.79 Å². The molecule has 3 nitrogen and oxygen atoms in total. The molecule has 0 radical (unpaired) electrons. The van der Waals surface area contributed by atoms with Gasteiger partial charge in [-0.15, -0.1) is 23.5 Å². The van der Waals surface area contributed by atoms with Crippen LogP contribution in [0.25, 0.3) is 0 Å². The Morgan fingerprint density at radius 2 is 1.88 bits per heavy atom. The van der Waals surface area contributed by atoms with Gasteiger partial charge in [-0.05, 0) is 60.2 Å². The van der Waals surface area contributed by atoms with E-state index in [1.807, 2.05) is 54.7 Å². The van der Waals surface area contributed by atoms with E-state index in [1.165, 1.54) is 36.7 Å². The normalized spacial score (nSPS) is 16.1. The smallest absolute Gasteiger partial charge is 0.251 e. The molecule has 0 saturated carbocycles. The molecule has 1 atom stereocenters. The molecule has 2 aromatic rings. The number of carbonyl (C=O) groups excluding carboxylic acids is 1. The van der Waals surface area contributed by atoms with Crippen LogP contribution in [0.15, 0.2) is 42.5 Å². The Morgan fingerprint density at radius 3 is 2.50 bits per heavy atom. The first kappa shape index (κ1) is 19.1. The highest BCUT2D eigenvalue weighted by molar-refractivity contribution is 8.16. The minimum absolute atomic E-state index is 0.163. The highest BCUT2D eigenvalue weighted by atomic mass is 32.2. The number of amides is 1. The summed E-state index contributed by atoms with van der Waals surface area (Å²) in [6, 6.07) is 12.2. The molecule has 0 spiro atoms. The molecule has 26 heavy (non-hydrogen) atoms. The predicted octanol–water partition coefficient (Wildman–Crippen LogP) is 5.19. The second-order valence-electron chi connectivity index (χ2n) is 6.14. The second-order valence-corrected chi connectivity index (χ2v) is 8.86. The number of benzene rings is 2. The highest BCUT2D eigenvalue weighted by Crippen LogP contribution is 2.43. The van der Waals surface area contributed by atoms with Gasteiger partial charge in [-0.2, -0.15) is 0 Å². The number of carbonyl (C=O) groups is 1. The van der Waals surface area contributed by atoms with Crippen molar-refractivity contribution in [3.63, 3.8) is 0 Å². The average Bonchev–Trinajstić information content (AvgIpc) is 2.68. The summed E-state index contributed by atoms with van der Waals surface area (Å²) in [5.41, 5.74) is 2.56. The van der Waals surface area contributed by atoms with Crippen LogP contribution in [0.2, 0.25) is 0 Å². The van der Waals surface area contributed by atoms with E-state index in [-0.39, 0.29) is 17.7 Å². The first-order chi connectivity index (χ1) is 12.6. The first-order valence-electron chi connectivity index (χ1n) is 8.56. The molecule has 1 aliphatic rings. The van der Waals surface area contributed by atoms with E-state index < -0.39 is 5.82 Å². The lowest BCUT2D eigenvalue weighted by atomic mass is 10.1. The zero-order valence-corrected chi connectivity index (χ0v) is 16.5. The van der Waals surface area contributed by atoms with Crippen LogP contribution in [0, 0.1) is 5.82 Å². The number of rotatable bonds is 5. The minimum Gasteiger partial charge on any atom is -0.494 e. The summed E-state index contributed by atoms with van der Waals surface area (Å²) >= 11 is 3.92. The van der Waals surface area contributed by atoms with Crippen molar-refractivity contribution in [2.24, 2.45) is 0 Å². The van der Waals surface area contributed by atoms with Crippen molar-refractivity contribution in [2.75, 3.05) is 18.6 Å². The van der Waals surface area contributed by atoms with Crippen LogP contribution in [-0.4, -0.2) is 24.5 Å². The van der Waals surface area contributed by atoms with Crippen molar-refractivity contribution >= 4 is 29.4 Å². The van der Waals surface area contributed by atoms with Crippen molar-refractivity contribution in [3.05, 3.63) is 65.0 Å². The maximum Gasteiger partial charge on any atom is 0.251 e. The Labute approximate surface area is 162 Å². The summed E-state index contributed by atoms with van der Waals surface area (Å²) in [5.74, 6) is 1.98. The van der Waals surface area contributed by atoms with E-state index >= 15 is 0 Å². The maximum absolute atomic E-state index is 13.9. The number of thioether (sulfide) groups is 2. The first-order valence-corrected chi connectivity index (χ1v) is 10.7. The van der Waals surface area contributed by atoms with Crippen LogP contribution in [0.4, 0.5) is 4.39 Å². The van der Waals surface area contributed by atoms with Crippen molar-refractivity contribution in [2.45, 2.75) is 24.0 Å². The highest BCUT2D eigenvalue weighted by Gasteiger charge is 2.18. The lowest BCUT2D eigenvalue weighted by Crippen LogP contribution is -2.26. The van der Waals surface area contributed by atoms with E-state index in [1.54, 1.807) is 12.1 Å². The van der Waals surface area contributed by atoms with E-state index in [0.29, 0.717) is 15.7 Å². The Kier molecular flexibility index (Phi) is 6.48. The van der Waals surface area contributed by atoms with Gasteiger partial charge in [0.2, 0.25) is 0 Å². The van der Waals surface area contributed by atoms with Gasteiger partial charge in [0.05, 0.1) is 17.7 Å². The molecule has 1 N–H and O–H groups in total. The van der Waals surface area contributed by atoms with Crippen LogP contribution in [0.1, 0.15) is 45.5 Å². The SMILES string of the molecule is COc1ccc([C@H](C)NC(=O)c2ccc(C3SCCCS3)cc2)cc1F. The minimum atomic E-state index is -0.432. The molecule has 2 aromatic carbocycles. The molecule has 0 aliphatic carbocycles. The Hall–Kier alpha value is -1.66. The largest absolute Gasteiger partial charge is 0.494 e. The van der Waals surface area contributed by atoms with Gasteiger partial charge < -0.3 is 10.1 Å². The molecule has 0 aromatic heterocycles. The molecule has 1 heterocycles. The number of ether oxygens (including phenoxy) is 1. The number of hydrogen-bond acceptors (Lipinski definition) is 4. The fraction of sp³-hybridized carbons (Fsp3) is 0.350. The van der Waals surface area contributed by atoms with Gasteiger partial charge in [-0.1, -0.05) is 18.2 Å². The predicted molar refractivity (Wildman–Crippen MR) is 108 cm³/mol. The zero-order valence-electron chi connectivity index (χ0n) is 14.8. The summed E-state index contributed by atoms with van der Waals surface area (Å²) in [7, 11) is 1.43. The molecule has 0 bridgehead atoms. The number of hydrogen-bond donors (Lipinski definition) is 1. The molecular formula is C20H22FNO2S2. The van der Waals surface area contributed by atoms with Crippen molar-refractivity contribution in [3.8, 4) is 5.75 Å². The molecule has 0 unspecified atom stereocenters. The lowest BCUT2D eigenvalue weighted by Gasteiger charge is -2.21. The molecule has 138 valence electrons. The van der Waals surface area contributed by atoms with Crippen LogP contribution in [0.3, 0.4) is 0 Å². The Morgan fingerprint density at radius 1 is 1.19 bits per heavy atom. The summed E-state index contributed by atoms with van der Waals surface area (Å²) in [5, 5.41) is 2.92. The van der Waals surface area contributed by atoms with Crippen LogP contribution in [-0.2, 0) is 0 Å². The van der Waals surface area contributed by atoms with Gasteiger partial charge in [0.15, 0.2) is 11.6 Å². The molecule has 1 saturated heterocycles. The molecular weight excluding hydrogens is 369 g/mol. The summed E-state index contributed by atoms with van der Waals surface area (Å²) < 4.78 is 19.2. The molecule has 6 heteroatoms. The number of nitrogens with one attached hydrogen (secondary N) is 1. The monoisotopic (exact) mass is 391 g/mol. The van der Waals surface area contributed by atoms with E-state index in [2.05, 4.69) is 5.32 Å². The van der Waals surface area contributed by atoms with E-state index in [9.17, 15) is 9.18 Å². The lowest BCUT2D eigenvalue weighted by molar-refractivity contribution is 0.0940. The van der Waals surface area contributed by atoms with Crippen LogP contribution < -0.4 is 10.1 Å². The zero-order chi connectivity index (χ0) is 18.5. The van der Waals surface area contributed by atoms with Crippen molar-refractivity contribution in [1.29, 1.82) is 0 Å². The third-order valence-electron chi connectivity index (χ3n) is 4.30. The molecule has 1 aliphatic heterocycles. The van der Waals surface area contributed by atoms with Crippen molar-refractivity contribution in [1.82, 2.24) is 5.32 Å². The second kappa shape index (κ2) is 8.82. The third-order valence-corrected chi connectivity index (χ3v) is 7.31. The Bertz CT molecular complexity index is 761. The third kappa shape index (κ3) is 4.54. The van der Waals surface area contributed by atoms with Crippen LogP contribution in [0.5, 0.6) is 5.75 Å². The van der Waals surface area contributed by atoms with Crippen molar-refractivity contribution < 1.29 is 13.9 Å². The topological polar surface area (TPSA) is 38.3 Å². The van der Waals surface area contributed by atoms with E-state index in [0.717, 1.165) is 0 Å². The van der Waals surface area contributed by atoms with E-state index in [4.69, 9.17) is 4.74 Å². The summed E-state index contributed by atoms with van der Waals surface area (Å²) in [4.78, 5) is 12.5. The standard InChI is InChI=1S/C20H22FNO2S2/c1-13(16-8-9-18(24-2)17(21)12-16)22-19(23)14-4-6-15(7-5-14)20-25-10-3-11-26-20/h4-9,12-13,20H,3,10-11H2,1-2H3,(H,22,23)/t13-/m0/s1. The number of halogens is 1. The van der Waals surface area contributed by atoms with Gasteiger partial charge in [0.1, 0.15) is 0 Å². The molecule has 1 amide bonds.